The van der Waals surface area contributed by atoms with Crippen molar-refractivity contribution in [1.82, 2.24) is 14.7 Å². The molecule has 0 radical (unpaired) electrons. The Balaban J connectivity index is 1.48. The zero-order valence-corrected chi connectivity index (χ0v) is 12.1. The zero-order chi connectivity index (χ0) is 13.1. The second-order valence-electron chi connectivity index (χ2n) is 6.19. The molecule has 2 fully saturated rings. The highest BCUT2D eigenvalue weighted by atomic mass is 15.3. The first kappa shape index (κ1) is 13.0. The van der Waals surface area contributed by atoms with Crippen LogP contribution in [-0.4, -0.2) is 67.0 Å². The summed E-state index contributed by atoms with van der Waals surface area (Å²) < 4.78 is 0. The van der Waals surface area contributed by atoms with Crippen LogP contribution in [0, 0.1) is 5.92 Å². The van der Waals surface area contributed by atoms with Gasteiger partial charge in [0, 0.05) is 38.9 Å². The molecule has 4 heteroatoms. The van der Waals surface area contributed by atoms with E-state index in [2.05, 4.69) is 34.0 Å². The van der Waals surface area contributed by atoms with Crippen molar-refractivity contribution in [2.75, 3.05) is 46.4 Å². The maximum absolute atomic E-state index is 4.76. The average Bonchev–Trinajstić information content (AvgIpc) is 2.94. The number of rotatable bonds is 2. The van der Waals surface area contributed by atoms with E-state index < -0.39 is 0 Å². The minimum absolute atomic E-state index is 0.856. The van der Waals surface area contributed by atoms with Crippen molar-refractivity contribution in [3.63, 3.8) is 0 Å². The minimum Gasteiger partial charge on any atom is -0.358 e. The predicted octanol–water partition coefficient (Wildman–Crippen LogP) is 1.61. The lowest BCUT2D eigenvalue weighted by Crippen LogP contribution is -2.47. The molecule has 0 amide bonds. The Hall–Kier alpha value is -1.03. The van der Waals surface area contributed by atoms with Crippen LogP contribution < -0.4 is 0 Å². The molecule has 1 aliphatic carbocycles. The van der Waals surface area contributed by atoms with Crippen LogP contribution in [0.4, 0.5) is 0 Å². The lowest BCUT2D eigenvalue weighted by Gasteiger charge is -2.35. The number of amidine groups is 1. The van der Waals surface area contributed by atoms with Crippen LogP contribution in [0.1, 0.15) is 25.7 Å². The van der Waals surface area contributed by atoms with E-state index in [0.29, 0.717) is 0 Å². The fraction of sp³-hybridized carbons (Fsp3) is 0.800. The molecule has 0 aromatic heterocycles. The van der Waals surface area contributed by atoms with Gasteiger partial charge in [-0.3, -0.25) is 0 Å². The molecule has 3 rings (SSSR count). The van der Waals surface area contributed by atoms with Crippen molar-refractivity contribution < 1.29 is 0 Å². The summed E-state index contributed by atoms with van der Waals surface area (Å²) in [7, 11) is 2.19. The fourth-order valence-corrected chi connectivity index (χ4v) is 3.32. The number of aliphatic imine (C=N–C) groups is 1. The maximum Gasteiger partial charge on any atom is 0.127 e. The van der Waals surface area contributed by atoms with Crippen LogP contribution in [-0.2, 0) is 0 Å². The molecule has 0 unspecified atom stereocenters. The van der Waals surface area contributed by atoms with E-state index in [1.807, 2.05) is 0 Å². The fourth-order valence-electron chi connectivity index (χ4n) is 3.32. The Kier molecular flexibility index (Phi) is 4.06. The Morgan fingerprint density at radius 1 is 1.16 bits per heavy atom. The van der Waals surface area contributed by atoms with E-state index in [9.17, 15) is 0 Å². The Morgan fingerprint density at radius 3 is 2.53 bits per heavy atom. The molecule has 3 aliphatic rings. The smallest absolute Gasteiger partial charge is 0.127 e. The van der Waals surface area contributed by atoms with Crippen LogP contribution in [0.25, 0.3) is 0 Å². The molecule has 0 spiro atoms. The molecule has 0 aromatic rings. The third-order valence-electron chi connectivity index (χ3n) is 4.64. The van der Waals surface area contributed by atoms with Crippen LogP contribution in [0.5, 0.6) is 0 Å². The summed E-state index contributed by atoms with van der Waals surface area (Å²) >= 11 is 0. The van der Waals surface area contributed by atoms with Gasteiger partial charge in [0.15, 0.2) is 0 Å². The van der Waals surface area contributed by atoms with Crippen molar-refractivity contribution in [1.29, 1.82) is 0 Å². The van der Waals surface area contributed by atoms with Gasteiger partial charge in [0.2, 0.25) is 0 Å². The molecule has 0 aromatic carbocycles. The van der Waals surface area contributed by atoms with Crippen molar-refractivity contribution in [3.8, 4) is 0 Å². The number of nitrogens with zero attached hydrogens (tertiary/aromatic N) is 4. The van der Waals surface area contributed by atoms with Gasteiger partial charge in [-0.15, -0.1) is 0 Å². The van der Waals surface area contributed by atoms with Gasteiger partial charge in [-0.1, -0.05) is 12.8 Å². The standard InChI is InChI=1S/C15H26N4/c1-17-8-10-19(11-9-17)15-6-7-18(13-16-15)12-14-4-2-3-5-14/h6-7,14H,2-5,8-13H2,1H3. The van der Waals surface area contributed by atoms with Gasteiger partial charge in [-0.2, -0.15) is 0 Å². The van der Waals surface area contributed by atoms with Gasteiger partial charge in [0.25, 0.3) is 0 Å². The maximum atomic E-state index is 4.76. The molecule has 0 atom stereocenters. The highest BCUT2D eigenvalue weighted by molar-refractivity contribution is 5.93. The van der Waals surface area contributed by atoms with Gasteiger partial charge in [-0.25, -0.2) is 4.99 Å². The van der Waals surface area contributed by atoms with Crippen molar-refractivity contribution in [3.05, 3.63) is 12.3 Å². The minimum atomic E-state index is 0.856. The van der Waals surface area contributed by atoms with Crippen LogP contribution in [0.3, 0.4) is 0 Å². The van der Waals surface area contributed by atoms with E-state index in [-0.39, 0.29) is 0 Å². The lowest BCUT2D eigenvalue weighted by molar-refractivity contribution is 0.213. The van der Waals surface area contributed by atoms with E-state index >= 15 is 0 Å². The van der Waals surface area contributed by atoms with Crippen molar-refractivity contribution in [2.24, 2.45) is 10.9 Å². The van der Waals surface area contributed by atoms with E-state index in [0.717, 1.165) is 38.8 Å². The number of hydrogen-bond acceptors (Lipinski definition) is 4. The summed E-state index contributed by atoms with van der Waals surface area (Å²) in [5.74, 6) is 2.10. The van der Waals surface area contributed by atoms with Crippen LogP contribution in [0.15, 0.2) is 17.3 Å². The molecule has 0 bridgehead atoms. The first-order valence-corrected chi connectivity index (χ1v) is 7.71. The quantitative estimate of drug-likeness (QED) is 0.755. The summed E-state index contributed by atoms with van der Waals surface area (Å²) in [5.41, 5.74) is 0. The van der Waals surface area contributed by atoms with Gasteiger partial charge < -0.3 is 14.7 Å². The third kappa shape index (κ3) is 3.30. The first-order chi connectivity index (χ1) is 9.31. The predicted molar refractivity (Wildman–Crippen MR) is 79.2 cm³/mol. The average molecular weight is 262 g/mol. The molecule has 1 saturated carbocycles. The SMILES string of the molecule is CN1CCN(C2=NCN(CC3CCCC3)C=C2)CC1. The summed E-state index contributed by atoms with van der Waals surface area (Å²) in [4.78, 5) is 12.0. The van der Waals surface area contributed by atoms with Crippen molar-refractivity contribution >= 4 is 5.84 Å². The van der Waals surface area contributed by atoms with Crippen molar-refractivity contribution in [2.45, 2.75) is 25.7 Å². The lowest BCUT2D eigenvalue weighted by atomic mass is 10.1. The molecule has 2 aliphatic heterocycles. The molecule has 19 heavy (non-hydrogen) atoms. The molecule has 4 nitrogen and oxygen atoms in total. The molecule has 106 valence electrons. The monoisotopic (exact) mass is 262 g/mol. The third-order valence-corrected chi connectivity index (χ3v) is 4.64. The molecular formula is C15H26N4. The number of likely N-dealkylation sites (N-methyl/N-ethyl adjacent to an activating group) is 1. The van der Waals surface area contributed by atoms with Crippen LogP contribution in [0.2, 0.25) is 0 Å². The second kappa shape index (κ2) is 5.95. The van der Waals surface area contributed by atoms with E-state index in [1.165, 1.54) is 38.1 Å². The zero-order valence-electron chi connectivity index (χ0n) is 12.1. The highest BCUT2D eigenvalue weighted by Crippen LogP contribution is 2.25. The molecule has 2 heterocycles. The Labute approximate surface area is 116 Å². The van der Waals surface area contributed by atoms with E-state index in [4.69, 9.17) is 4.99 Å². The van der Waals surface area contributed by atoms with E-state index in [1.54, 1.807) is 0 Å². The summed E-state index contributed by atoms with van der Waals surface area (Å²) in [6, 6.07) is 0. The Bertz CT molecular complexity index is 349. The molecular weight excluding hydrogens is 236 g/mol. The first-order valence-electron chi connectivity index (χ1n) is 7.71. The topological polar surface area (TPSA) is 22.1 Å². The normalized spacial score (nSPS) is 26.1. The van der Waals surface area contributed by atoms with Gasteiger partial charge >= 0.3 is 0 Å². The second-order valence-corrected chi connectivity index (χ2v) is 6.19. The molecule has 0 N–H and O–H groups in total. The summed E-state index contributed by atoms with van der Waals surface area (Å²) in [6.07, 6.45) is 10.2. The number of hydrogen-bond donors (Lipinski definition) is 0. The van der Waals surface area contributed by atoms with Crippen LogP contribution >= 0.6 is 0 Å². The largest absolute Gasteiger partial charge is 0.358 e. The number of piperazine rings is 1. The summed E-state index contributed by atoms with van der Waals surface area (Å²) in [5, 5.41) is 0. The molecule has 1 saturated heterocycles. The summed E-state index contributed by atoms with van der Waals surface area (Å²) in [6.45, 7) is 6.59. The van der Waals surface area contributed by atoms with Gasteiger partial charge in [0.1, 0.15) is 12.5 Å². The van der Waals surface area contributed by atoms with Gasteiger partial charge in [-0.05, 0) is 31.9 Å². The Morgan fingerprint density at radius 2 is 1.89 bits per heavy atom. The van der Waals surface area contributed by atoms with Gasteiger partial charge in [0.05, 0.1) is 0 Å². The highest BCUT2D eigenvalue weighted by Gasteiger charge is 2.20.